The van der Waals surface area contributed by atoms with Crippen LogP contribution >= 0.6 is 11.3 Å². The summed E-state index contributed by atoms with van der Waals surface area (Å²) in [4.78, 5) is 17.3. The van der Waals surface area contributed by atoms with E-state index in [1.54, 1.807) is 23.5 Å². The molecule has 0 radical (unpaired) electrons. The van der Waals surface area contributed by atoms with Crippen LogP contribution in [0.2, 0.25) is 0 Å². The fourth-order valence-electron chi connectivity index (χ4n) is 3.48. The summed E-state index contributed by atoms with van der Waals surface area (Å²) in [6.07, 6.45) is 5.56. The molecule has 8 heteroatoms. The lowest BCUT2D eigenvalue weighted by molar-refractivity contribution is 0.0952. The van der Waals surface area contributed by atoms with Gasteiger partial charge in [-0.1, -0.05) is 12.5 Å². The van der Waals surface area contributed by atoms with Gasteiger partial charge < -0.3 is 5.32 Å². The third kappa shape index (κ3) is 5.65. The SMILES string of the molecule is Cc1csc(CCCCNC(=O)c2cc(S(=O)(=O)N3CCCCC3)ccc2C)n1. The van der Waals surface area contributed by atoms with Gasteiger partial charge in [0.05, 0.1) is 9.90 Å². The minimum absolute atomic E-state index is 0.203. The molecule has 0 saturated carbocycles. The molecule has 0 unspecified atom stereocenters. The molecule has 0 bridgehead atoms. The standard InChI is InChI=1S/C21H29N3O3S2/c1-16-9-10-18(29(26,27)24-12-6-3-7-13-24)14-19(16)21(25)22-11-5-4-8-20-23-17(2)15-28-20/h9-10,14-15H,3-8,11-13H2,1-2H3,(H,22,25). The number of aromatic nitrogens is 1. The summed E-state index contributed by atoms with van der Waals surface area (Å²) in [7, 11) is -3.55. The van der Waals surface area contributed by atoms with Gasteiger partial charge in [-0.3, -0.25) is 4.79 Å². The summed E-state index contributed by atoms with van der Waals surface area (Å²) in [5, 5.41) is 6.10. The average Bonchev–Trinajstić information content (AvgIpc) is 3.13. The molecule has 0 atom stereocenters. The number of carbonyl (C=O) groups excluding carboxylic acids is 1. The van der Waals surface area contributed by atoms with Crippen LogP contribution in [0.15, 0.2) is 28.5 Å². The monoisotopic (exact) mass is 435 g/mol. The topological polar surface area (TPSA) is 79.4 Å². The van der Waals surface area contributed by atoms with E-state index in [0.29, 0.717) is 25.2 Å². The van der Waals surface area contributed by atoms with Crippen molar-refractivity contribution in [2.24, 2.45) is 0 Å². The third-order valence-electron chi connectivity index (χ3n) is 5.18. The number of piperidine rings is 1. The van der Waals surface area contributed by atoms with Gasteiger partial charge in [-0.2, -0.15) is 4.31 Å². The van der Waals surface area contributed by atoms with E-state index in [-0.39, 0.29) is 10.8 Å². The zero-order valence-corrected chi connectivity index (χ0v) is 18.7. The summed E-state index contributed by atoms with van der Waals surface area (Å²) >= 11 is 1.67. The van der Waals surface area contributed by atoms with Gasteiger partial charge in [0, 0.05) is 36.3 Å². The summed E-state index contributed by atoms with van der Waals surface area (Å²) in [5.41, 5.74) is 2.25. The Kier molecular flexibility index (Phi) is 7.43. The Balaban J connectivity index is 1.57. The maximum absolute atomic E-state index is 12.9. The first-order valence-corrected chi connectivity index (χ1v) is 12.5. The van der Waals surface area contributed by atoms with E-state index in [2.05, 4.69) is 10.3 Å². The van der Waals surface area contributed by atoms with Crippen molar-refractivity contribution in [2.45, 2.75) is 57.3 Å². The van der Waals surface area contributed by atoms with Gasteiger partial charge >= 0.3 is 0 Å². The first-order chi connectivity index (χ1) is 13.9. The Bertz CT molecular complexity index is 948. The quantitative estimate of drug-likeness (QED) is 0.642. The molecule has 0 spiro atoms. The van der Waals surface area contributed by atoms with Crippen LogP contribution in [-0.4, -0.2) is 43.2 Å². The van der Waals surface area contributed by atoms with Crippen LogP contribution in [0.4, 0.5) is 0 Å². The predicted molar refractivity (Wildman–Crippen MR) is 116 cm³/mol. The van der Waals surface area contributed by atoms with E-state index in [1.165, 1.54) is 10.4 Å². The molecule has 2 aromatic rings. The van der Waals surface area contributed by atoms with Crippen LogP contribution in [0.25, 0.3) is 0 Å². The normalized spacial score (nSPS) is 15.4. The molecular weight excluding hydrogens is 406 g/mol. The van der Waals surface area contributed by atoms with E-state index >= 15 is 0 Å². The number of amides is 1. The first-order valence-electron chi connectivity index (χ1n) is 10.2. The molecule has 1 aliphatic heterocycles. The Morgan fingerprint density at radius 2 is 1.93 bits per heavy atom. The highest BCUT2D eigenvalue weighted by molar-refractivity contribution is 7.89. The van der Waals surface area contributed by atoms with Crippen LogP contribution < -0.4 is 5.32 Å². The highest BCUT2D eigenvalue weighted by Crippen LogP contribution is 2.23. The lowest BCUT2D eigenvalue weighted by Crippen LogP contribution is -2.35. The molecule has 1 aromatic carbocycles. The summed E-state index contributed by atoms with van der Waals surface area (Å²) in [6, 6.07) is 4.84. The predicted octanol–water partition coefficient (Wildman–Crippen LogP) is 3.69. The smallest absolute Gasteiger partial charge is 0.251 e. The molecule has 1 aromatic heterocycles. The fraction of sp³-hybridized carbons (Fsp3) is 0.524. The van der Waals surface area contributed by atoms with E-state index < -0.39 is 10.0 Å². The summed E-state index contributed by atoms with van der Waals surface area (Å²) in [6.45, 7) is 5.48. The molecule has 3 rings (SSSR count). The van der Waals surface area contributed by atoms with Crippen molar-refractivity contribution in [3.63, 3.8) is 0 Å². The lowest BCUT2D eigenvalue weighted by Gasteiger charge is -2.26. The van der Waals surface area contributed by atoms with Gasteiger partial charge in [0.1, 0.15) is 0 Å². The van der Waals surface area contributed by atoms with Gasteiger partial charge in [0.2, 0.25) is 10.0 Å². The molecule has 6 nitrogen and oxygen atoms in total. The number of benzene rings is 1. The number of nitrogens with zero attached hydrogens (tertiary/aromatic N) is 2. The molecule has 1 aliphatic rings. The van der Waals surface area contributed by atoms with Gasteiger partial charge in [-0.25, -0.2) is 13.4 Å². The third-order valence-corrected chi connectivity index (χ3v) is 8.10. The van der Waals surface area contributed by atoms with Gasteiger partial charge in [0.15, 0.2) is 0 Å². The largest absolute Gasteiger partial charge is 0.352 e. The summed E-state index contributed by atoms with van der Waals surface area (Å²) < 4.78 is 27.3. The zero-order chi connectivity index (χ0) is 20.9. The number of carbonyl (C=O) groups is 1. The Morgan fingerprint density at radius 1 is 1.17 bits per heavy atom. The van der Waals surface area contributed by atoms with Crippen LogP contribution in [-0.2, 0) is 16.4 Å². The number of aryl methyl sites for hydroxylation is 3. The molecule has 1 amide bonds. The number of thiazole rings is 1. The molecule has 158 valence electrons. The number of hydrogen-bond donors (Lipinski definition) is 1. The number of sulfonamides is 1. The van der Waals surface area contributed by atoms with Crippen LogP contribution in [0.1, 0.15) is 58.7 Å². The highest BCUT2D eigenvalue weighted by atomic mass is 32.2. The number of nitrogens with one attached hydrogen (secondary N) is 1. The second-order valence-corrected chi connectivity index (χ2v) is 10.4. The molecular formula is C21H29N3O3S2. The van der Waals surface area contributed by atoms with Gasteiger partial charge in [-0.15, -0.1) is 11.3 Å². The molecule has 1 fully saturated rings. The van der Waals surface area contributed by atoms with Crippen LogP contribution in [0.5, 0.6) is 0 Å². The number of unbranched alkanes of at least 4 members (excludes halogenated alkanes) is 1. The number of hydrogen-bond acceptors (Lipinski definition) is 5. The molecule has 1 N–H and O–H groups in total. The Hall–Kier alpha value is -1.77. The van der Waals surface area contributed by atoms with Crippen molar-refractivity contribution in [1.82, 2.24) is 14.6 Å². The minimum atomic E-state index is -3.55. The van der Waals surface area contributed by atoms with Crippen molar-refractivity contribution in [3.8, 4) is 0 Å². The van der Waals surface area contributed by atoms with Crippen molar-refractivity contribution >= 4 is 27.3 Å². The van der Waals surface area contributed by atoms with Gasteiger partial charge in [-0.05, 0) is 63.6 Å². The summed E-state index contributed by atoms with van der Waals surface area (Å²) in [5.74, 6) is -0.219. The van der Waals surface area contributed by atoms with Crippen molar-refractivity contribution in [2.75, 3.05) is 19.6 Å². The molecule has 0 aliphatic carbocycles. The van der Waals surface area contributed by atoms with Crippen molar-refractivity contribution in [3.05, 3.63) is 45.4 Å². The molecule has 2 heterocycles. The highest BCUT2D eigenvalue weighted by Gasteiger charge is 2.27. The molecule has 1 saturated heterocycles. The second-order valence-electron chi connectivity index (χ2n) is 7.54. The van der Waals surface area contributed by atoms with Gasteiger partial charge in [0.25, 0.3) is 5.91 Å². The van der Waals surface area contributed by atoms with E-state index in [4.69, 9.17) is 0 Å². The van der Waals surface area contributed by atoms with E-state index in [0.717, 1.165) is 54.8 Å². The Morgan fingerprint density at radius 3 is 2.62 bits per heavy atom. The average molecular weight is 436 g/mol. The van der Waals surface area contributed by atoms with E-state index in [9.17, 15) is 13.2 Å². The Labute approximate surface area is 177 Å². The fourth-order valence-corrected chi connectivity index (χ4v) is 5.84. The van der Waals surface area contributed by atoms with E-state index in [1.807, 2.05) is 19.2 Å². The van der Waals surface area contributed by atoms with Crippen LogP contribution in [0.3, 0.4) is 0 Å². The van der Waals surface area contributed by atoms with Crippen LogP contribution in [0, 0.1) is 13.8 Å². The maximum atomic E-state index is 12.9. The van der Waals surface area contributed by atoms with Crippen molar-refractivity contribution < 1.29 is 13.2 Å². The van der Waals surface area contributed by atoms with Crippen molar-refractivity contribution in [1.29, 1.82) is 0 Å². The second kappa shape index (κ2) is 9.82. The first kappa shape index (κ1) is 21.9. The lowest BCUT2D eigenvalue weighted by atomic mass is 10.1. The maximum Gasteiger partial charge on any atom is 0.251 e. The minimum Gasteiger partial charge on any atom is -0.352 e. The zero-order valence-electron chi connectivity index (χ0n) is 17.1. The molecule has 29 heavy (non-hydrogen) atoms. The number of rotatable bonds is 8.